The standard InChI is InChI=1S/C17H32N4O2/c1-2-18-12-14-8-10-21(11-9-14)16(22)13-19-17(23)20-15-6-4-3-5-7-15/h14-15,18H,2-13H2,1H3,(H2,19,20,23). The first-order valence-electron chi connectivity index (χ1n) is 9.22. The molecule has 2 fully saturated rings. The van der Waals surface area contributed by atoms with Crippen LogP contribution in [0.3, 0.4) is 0 Å². The van der Waals surface area contributed by atoms with Crippen LogP contribution in [0.5, 0.6) is 0 Å². The maximum atomic E-state index is 12.2. The molecule has 1 saturated carbocycles. The van der Waals surface area contributed by atoms with E-state index in [1.54, 1.807) is 0 Å². The van der Waals surface area contributed by atoms with Crippen LogP contribution in [0.15, 0.2) is 0 Å². The third kappa shape index (κ3) is 6.37. The third-order valence-electron chi connectivity index (χ3n) is 4.99. The number of amides is 3. The molecular weight excluding hydrogens is 292 g/mol. The van der Waals surface area contributed by atoms with Crippen LogP contribution >= 0.6 is 0 Å². The lowest BCUT2D eigenvalue weighted by atomic mass is 9.96. The van der Waals surface area contributed by atoms with E-state index in [2.05, 4.69) is 22.9 Å². The Morgan fingerprint density at radius 3 is 2.39 bits per heavy atom. The number of likely N-dealkylation sites (tertiary alicyclic amines) is 1. The molecule has 0 aromatic rings. The average Bonchev–Trinajstić information content (AvgIpc) is 2.59. The van der Waals surface area contributed by atoms with E-state index in [0.717, 1.165) is 51.9 Å². The first-order valence-corrected chi connectivity index (χ1v) is 9.22. The Bertz CT molecular complexity index is 375. The van der Waals surface area contributed by atoms with Gasteiger partial charge in [0.25, 0.3) is 0 Å². The van der Waals surface area contributed by atoms with Crippen LogP contribution in [-0.2, 0) is 4.79 Å². The summed E-state index contributed by atoms with van der Waals surface area (Å²) < 4.78 is 0. The normalized spacial score (nSPS) is 20.3. The number of carbonyl (C=O) groups is 2. The summed E-state index contributed by atoms with van der Waals surface area (Å²) in [5, 5.41) is 9.07. The van der Waals surface area contributed by atoms with Gasteiger partial charge in [-0.05, 0) is 44.7 Å². The maximum absolute atomic E-state index is 12.2. The van der Waals surface area contributed by atoms with Crippen molar-refractivity contribution in [3.05, 3.63) is 0 Å². The predicted octanol–water partition coefficient (Wildman–Crippen LogP) is 1.47. The van der Waals surface area contributed by atoms with Crippen molar-refractivity contribution in [2.75, 3.05) is 32.7 Å². The SMILES string of the molecule is CCNCC1CCN(C(=O)CNC(=O)NC2CCCCC2)CC1. The largest absolute Gasteiger partial charge is 0.341 e. The lowest BCUT2D eigenvalue weighted by molar-refractivity contribution is -0.131. The number of hydrogen-bond donors (Lipinski definition) is 3. The molecule has 1 aliphatic carbocycles. The Kier molecular flexibility index (Phi) is 7.65. The molecule has 132 valence electrons. The fourth-order valence-electron chi connectivity index (χ4n) is 3.49. The molecular formula is C17H32N4O2. The highest BCUT2D eigenvalue weighted by Gasteiger charge is 2.23. The van der Waals surface area contributed by atoms with Crippen molar-refractivity contribution in [2.24, 2.45) is 5.92 Å². The first kappa shape index (κ1) is 18.0. The zero-order valence-corrected chi connectivity index (χ0v) is 14.4. The molecule has 6 heteroatoms. The molecule has 0 atom stereocenters. The van der Waals surface area contributed by atoms with Gasteiger partial charge in [-0.15, -0.1) is 0 Å². The lowest BCUT2D eigenvalue weighted by Crippen LogP contribution is -2.48. The van der Waals surface area contributed by atoms with Crippen LogP contribution in [0.4, 0.5) is 4.79 Å². The summed E-state index contributed by atoms with van der Waals surface area (Å²) in [6, 6.07) is 0.0768. The van der Waals surface area contributed by atoms with Crippen LogP contribution in [0.1, 0.15) is 51.9 Å². The summed E-state index contributed by atoms with van der Waals surface area (Å²) >= 11 is 0. The highest BCUT2D eigenvalue weighted by molar-refractivity contribution is 5.84. The van der Waals surface area contributed by atoms with Gasteiger partial charge < -0.3 is 20.9 Å². The quantitative estimate of drug-likeness (QED) is 0.693. The van der Waals surface area contributed by atoms with Crippen molar-refractivity contribution in [1.29, 1.82) is 0 Å². The van der Waals surface area contributed by atoms with Gasteiger partial charge in [-0.2, -0.15) is 0 Å². The van der Waals surface area contributed by atoms with E-state index in [0.29, 0.717) is 5.92 Å². The highest BCUT2D eigenvalue weighted by Crippen LogP contribution is 2.17. The van der Waals surface area contributed by atoms with Gasteiger partial charge in [-0.25, -0.2) is 4.79 Å². The zero-order valence-electron chi connectivity index (χ0n) is 14.4. The summed E-state index contributed by atoms with van der Waals surface area (Å²) in [7, 11) is 0. The van der Waals surface area contributed by atoms with E-state index in [1.165, 1.54) is 19.3 Å². The molecule has 23 heavy (non-hydrogen) atoms. The van der Waals surface area contributed by atoms with Gasteiger partial charge in [0, 0.05) is 19.1 Å². The lowest BCUT2D eigenvalue weighted by Gasteiger charge is -2.32. The van der Waals surface area contributed by atoms with Crippen LogP contribution in [0.25, 0.3) is 0 Å². The summed E-state index contributed by atoms with van der Waals surface area (Å²) in [5.41, 5.74) is 0. The minimum absolute atomic E-state index is 0.0331. The average molecular weight is 324 g/mol. The minimum atomic E-state index is -0.202. The number of hydrogen-bond acceptors (Lipinski definition) is 3. The van der Waals surface area contributed by atoms with E-state index in [4.69, 9.17) is 0 Å². The molecule has 6 nitrogen and oxygen atoms in total. The Morgan fingerprint density at radius 1 is 1.04 bits per heavy atom. The summed E-state index contributed by atoms with van der Waals surface area (Å²) in [4.78, 5) is 25.9. The highest BCUT2D eigenvalue weighted by atomic mass is 16.2. The summed E-state index contributed by atoms with van der Waals surface area (Å²) in [6.45, 7) is 5.88. The molecule has 0 radical (unpaired) electrons. The minimum Gasteiger partial charge on any atom is -0.341 e. The second kappa shape index (κ2) is 9.75. The molecule has 0 aromatic heterocycles. The number of nitrogens with one attached hydrogen (secondary N) is 3. The van der Waals surface area contributed by atoms with E-state index in [9.17, 15) is 9.59 Å². The van der Waals surface area contributed by atoms with Crippen molar-refractivity contribution in [1.82, 2.24) is 20.9 Å². The van der Waals surface area contributed by atoms with Crippen molar-refractivity contribution < 1.29 is 9.59 Å². The smallest absolute Gasteiger partial charge is 0.315 e. The van der Waals surface area contributed by atoms with Gasteiger partial charge in [0.2, 0.25) is 5.91 Å². The van der Waals surface area contributed by atoms with Crippen molar-refractivity contribution >= 4 is 11.9 Å². The molecule has 3 N–H and O–H groups in total. The Balaban J connectivity index is 1.60. The second-order valence-electron chi connectivity index (χ2n) is 6.79. The molecule has 0 unspecified atom stereocenters. The molecule has 0 spiro atoms. The van der Waals surface area contributed by atoms with Crippen molar-refractivity contribution in [3.8, 4) is 0 Å². The number of urea groups is 1. The van der Waals surface area contributed by atoms with Crippen LogP contribution in [-0.4, -0.2) is 55.6 Å². The molecule has 3 amide bonds. The molecule has 0 bridgehead atoms. The zero-order chi connectivity index (χ0) is 16.5. The van der Waals surface area contributed by atoms with Gasteiger partial charge in [0.1, 0.15) is 0 Å². The number of nitrogens with zero attached hydrogens (tertiary/aromatic N) is 1. The Morgan fingerprint density at radius 2 is 1.74 bits per heavy atom. The van der Waals surface area contributed by atoms with Gasteiger partial charge in [-0.3, -0.25) is 4.79 Å². The van der Waals surface area contributed by atoms with Crippen LogP contribution in [0, 0.1) is 5.92 Å². The number of piperidine rings is 1. The van der Waals surface area contributed by atoms with Gasteiger partial charge in [0.05, 0.1) is 6.54 Å². The van der Waals surface area contributed by atoms with E-state index in [1.807, 2.05) is 4.90 Å². The van der Waals surface area contributed by atoms with E-state index >= 15 is 0 Å². The third-order valence-corrected chi connectivity index (χ3v) is 4.99. The second-order valence-corrected chi connectivity index (χ2v) is 6.79. The summed E-state index contributed by atoms with van der Waals surface area (Å²) in [5.74, 6) is 0.701. The predicted molar refractivity (Wildman–Crippen MR) is 91.3 cm³/mol. The fourth-order valence-corrected chi connectivity index (χ4v) is 3.49. The number of carbonyl (C=O) groups excluding carboxylic acids is 2. The summed E-state index contributed by atoms with van der Waals surface area (Å²) in [6.07, 6.45) is 7.85. The first-order chi connectivity index (χ1) is 11.2. The van der Waals surface area contributed by atoms with Crippen molar-refractivity contribution in [2.45, 2.75) is 57.9 Å². The topological polar surface area (TPSA) is 73.5 Å². The van der Waals surface area contributed by atoms with Crippen molar-refractivity contribution in [3.63, 3.8) is 0 Å². The van der Waals surface area contributed by atoms with Gasteiger partial charge >= 0.3 is 6.03 Å². The fraction of sp³-hybridized carbons (Fsp3) is 0.882. The Hall–Kier alpha value is -1.30. The molecule has 1 saturated heterocycles. The Labute approximate surface area is 139 Å². The van der Waals surface area contributed by atoms with Crippen LogP contribution < -0.4 is 16.0 Å². The monoisotopic (exact) mass is 324 g/mol. The van der Waals surface area contributed by atoms with E-state index < -0.39 is 0 Å². The van der Waals surface area contributed by atoms with E-state index in [-0.39, 0.29) is 24.5 Å². The molecule has 2 aliphatic rings. The maximum Gasteiger partial charge on any atom is 0.315 e. The van der Waals surface area contributed by atoms with Gasteiger partial charge in [-0.1, -0.05) is 26.2 Å². The molecule has 1 heterocycles. The van der Waals surface area contributed by atoms with Crippen LogP contribution in [0.2, 0.25) is 0 Å². The molecule has 1 aliphatic heterocycles. The molecule has 2 rings (SSSR count). The number of rotatable bonds is 6. The molecule has 0 aromatic carbocycles. The van der Waals surface area contributed by atoms with Gasteiger partial charge in [0.15, 0.2) is 0 Å².